The summed E-state index contributed by atoms with van der Waals surface area (Å²) in [5.74, 6) is -0.212. The predicted octanol–water partition coefficient (Wildman–Crippen LogP) is 2.31. The van der Waals surface area contributed by atoms with Crippen molar-refractivity contribution in [3.05, 3.63) is 28.3 Å². The Balaban J connectivity index is 1.50. The fourth-order valence-electron chi connectivity index (χ4n) is 2.81. The summed E-state index contributed by atoms with van der Waals surface area (Å²) in [6, 6.07) is 4.40. The minimum atomic E-state index is -0.463. The SMILES string of the molecule is CCCOC(=O)N1CCN(CC(=O)Nc2nc3ccc([N+](=O)[O-])cc3s2)CC1. The number of nitrogens with one attached hydrogen (secondary N) is 1. The van der Waals surface area contributed by atoms with E-state index in [4.69, 9.17) is 4.74 Å². The van der Waals surface area contributed by atoms with E-state index in [0.29, 0.717) is 48.1 Å². The fourth-order valence-corrected chi connectivity index (χ4v) is 3.73. The number of amides is 2. The first-order valence-corrected chi connectivity index (χ1v) is 9.77. The number of non-ortho nitro benzene ring substituents is 1. The fraction of sp³-hybridized carbons (Fsp3) is 0.471. The Hall–Kier alpha value is -2.79. The first-order valence-electron chi connectivity index (χ1n) is 8.95. The van der Waals surface area contributed by atoms with Crippen molar-refractivity contribution < 1.29 is 19.2 Å². The molecule has 1 aliphatic rings. The number of benzene rings is 1. The predicted molar refractivity (Wildman–Crippen MR) is 105 cm³/mol. The van der Waals surface area contributed by atoms with Gasteiger partial charge in [0.1, 0.15) is 0 Å². The van der Waals surface area contributed by atoms with Crippen LogP contribution in [0.2, 0.25) is 0 Å². The minimum Gasteiger partial charge on any atom is -0.449 e. The third-order valence-electron chi connectivity index (χ3n) is 4.26. The van der Waals surface area contributed by atoms with Gasteiger partial charge in [-0.1, -0.05) is 18.3 Å². The molecule has 1 saturated heterocycles. The van der Waals surface area contributed by atoms with Gasteiger partial charge in [0.05, 0.1) is 28.3 Å². The highest BCUT2D eigenvalue weighted by Crippen LogP contribution is 2.29. The van der Waals surface area contributed by atoms with Gasteiger partial charge in [0, 0.05) is 38.3 Å². The van der Waals surface area contributed by atoms with E-state index in [0.717, 1.165) is 6.42 Å². The Morgan fingerprint density at radius 3 is 2.75 bits per heavy atom. The number of nitro benzene ring substituents is 1. The summed E-state index contributed by atoms with van der Waals surface area (Å²) in [7, 11) is 0. The van der Waals surface area contributed by atoms with Gasteiger partial charge in [-0.3, -0.25) is 19.8 Å². The van der Waals surface area contributed by atoms with Gasteiger partial charge in [-0.15, -0.1) is 0 Å². The second-order valence-electron chi connectivity index (χ2n) is 6.35. The van der Waals surface area contributed by atoms with E-state index >= 15 is 0 Å². The molecule has 0 radical (unpaired) electrons. The Labute approximate surface area is 165 Å². The lowest BCUT2D eigenvalue weighted by Crippen LogP contribution is -2.50. The van der Waals surface area contributed by atoms with Crippen LogP contribution >= 0.6 is 11.3 Å². The molecule has 0 spiro atoms. The molecular weight excluding hydrogens is 386 g/mol. The zero-order chi connectivity index (χ0) is 20.1. The summed E-state index contributed by atoms with van der Waals surface area (Å²) in [4.78, 5) is 42.4. The summed E-state index contributed by atoms with van der Waals surface area (Å²) in [6.07, 6.45) is 0.472. The van der Waals surface area contributed by atoms with E-state index in [-0.39, 0.29) is 24.2 Å². The van der Waals surface area contributed by atoms with Crippen molar-refractivity contribution in [2.24, 2.45) is 0 Å². The lowest BCUT2D eigenvalue weighted by Gasteiger charge is -2.33. The second kappa shape index (κ2) is 8.93. The summed E-state index contributed by atoms with van der Waals surface area (Å²) < 4.78 is 5.76. The Morgan fingerprint density at radius 2 is 2.07 bits per heavy atom. The first-order chi connectivity index (χ1) is 13.5. The van der Waals surface area contributed by atoms with E-state index in [2.05, 4.69) is 10.3 Å². The number of nitrogens with zero attached hydrogens (tertiary/aromatic N) is 4. The number of carbonyl (C=O) groups excluding carboxylic acids is 2. The summed E-state index contributed by atoms with van der Waals surface area (Å²) in [6.45, 7) is 4.74. The zero-order valence-electron chi connectivity index (χ0n) is 15.4. The monoisotopic (exact) mass is 407 g/mol. The summed E-state index contributed by atoms with van der Waals surface area (Å²) >= 11 is 1.20. The van der Waals surface area contributed by atoms with Gasteiger partial charge in [-0.25, -0.2) is 9.78 Å². The van der Waals surface area contributed by atoms with Crippen LogP contribution in [0.5, 0.6) is 0 Å². The maximum atomic E-state index is 12.3. The van der Waals surface area contributed by atoms with E-state index in [1.54, 1.807) is 11.0 Å². The van der Waals surface area contributed by atoms with Crippen LogP contribution in [0.25, 0.3) is 10.2 Å². The van der Waals surface area contributed by atoms with Crippen molar-refractivity contribution in [1.82, 2.24) is 14.8 Å². The summed E-state index contributed by atoms with van der Waals surface area (Å²) in [5.41, 5.74) is 0.592. The number of rotatable bonds is 6. The van der Waals surface area contributed by atoms with Crippen LogP contribution in [0.1, 0.15) is 13.3 Å². The smallest absolute Gasteiger partial charge is 0.409 e. The van der Waals surface area contributed by atoms with Crippen LogP contribution in [0.15, 0.2) is 18.2 Å². The molecule has 11 heteroatoms. The maximum absolute atomic E-state index is 12.3. The normalized spacial score (nSPS) is 14.8. The van der Waals surface area contributed by atoms with Crippen molar-refractivity contribution in [3.8, 4) is 0 Å². The van der Waals surface area contributed by atoms with Crippen LogP contribution in [-0.4, -0.2) is 71.0 Å². The molecule has 0 unspecified atom stereocenters. The van der Waals surface area contributed by atoms with Gasteiger partial charge in [-0.2, -0.15) is 0 Å². The van der Waals surface area contributed by atoms with Crippen molar-refractivity contribution in [2.75, 3.05) is 44.6 Å². The number of fused-ring (bicyclic) bond motifs is 1. The molecule has 3 rings (SSSR count). The van der Waals surface area contributed by atoms with E-state index in [1.807, 2.05) is 11.8 Å². The second-order valence-corrected chi connectivity index (χ2v) is 7.38. The van der Waals surface area contributed by atoms with Gasteiger partial charge in [0.25, 0.3) is 5.69 Å². The number of thiazole rings is 1. The van der Waals surface area contributed by atoms with E-state index < -0.39 is 4.92 Å². The van der Waals surface area contributed by atoms with Gasteiger partial charge in [-0.05, 0) is 12.5 Å². The van der Waals surface area contributed by atoms with Gasteiger partial charge in [0.15, 0.2) is 5.13 Å². The highest BCUT2D eigenvalue weighted by Gasteiger charge is 2.23. The molecule has 1 N–H and O–H groups in total. The molecule has 0 saturated carbocycles. The highest BCUT2D eigenvalue weighted by atomic mass is 32.1. The molecule has 2 heterocycles. The first kappa shape index (κ1) is 20.0. The van der Waals surface area contributed by atoms with Crippen LogP contribution in [0, 0.1) is 10.1 Å². The van der Waals surface area contributed by atoms with Crippen LogP contribution < -0.4 is 5.32 Å². The number of carbonyl (C=O) groups is 2. The largest absolute Gasteiger partial charge is 0.449 e. The number of hydrogen-bond acceptors (Lipinski definition) is 8. The van der Waals surface area contributed by atoms with Gasteiger partial charge < -0.3 is 15.0 Å². The average molecular weight is 407 g/mol. The van der Waals surface area contributed by atoms with Crippen molar-refractivity contribution in [2.45, 2.75) is 13.3 Å². The maximum Gasteiger partial charge on any atom is 0.409 e. The quantitative estimate of drug-likeness (QED) is 0.576. The third-order valence-corrected chi connectivity index (χ3v) is 5.19. The van der Waals surface area contributed by atoms with Crippen molar-refractivity contribution in [1.29, 1.82) is 0 Å². The number of aromatic nitrogens is 1. The molecule has 1 aromatic heterocycles. The molecule has 2 aromatic rings. The van der Waals surface area contributed by atoms with E-state index in [9.17, 15) is 19.7 Å². The molecule has 1 aliphatic heterocycles. The average Bonchev–Trinajstić information content (AvgIpc) is 3.07. The molecule has 28 heavy (non-hydrogen) atoms. The van der Waals surface area contributed by atoms with Crippen LogP contribution in [0.4, 0.5) is 15.6 Å². The zero-order valence-corrected chi connectivity index (χ0v) is 16.2. The Bertz CT molecular complexity index is 878. The highest BCUT2D eigenvalue weighted by molar-refractivity contribution is 7.22. The molecule has 1 fully saturated rings. The minimum absolute atomic E-state index is 0.00985. The molecule has 150 valence electrons. The molecule has 10 nitrogen and oxygen atoms in total. The number of anilines is 1. The van der Waals surface area contributed by atoms with Crippen molar-refractivity contribution >= 4 is 44.4 Å². The number of piperazine rings is 1. The third kappa shape index (κ3) is 4.93. The number of nitro groups is 1. The molecule has 0 bridgehead atoms. The molecule has 1 aromatic carbocycles. The molecule has 0 aliphatic carbocycles. The van der Waals surface area contributed by atoms with Gasteiger partial charge >= 0.3 is 6.09 Å². The molecule has 2 amide bonds. The van der Waals surface area contributed by atoms with E-state index in [1.165, 1.54) is 23.5 Å². The standard InChI is InChI=1S/C17H21N5O5S/c1-2-9-27-17(24)21-7-5-20(6-8-21)11-15(23)19-16-18-13-4-3-12(22(25)26)10-14(13)28-16/h3-4,10H,2,5-9,11H2,1H3,(H,18,19,23). The van der Waals surface area contributed by atoms with Crippen LogP contribution in [0.3, 0.4) is 0 Å². The van der Waals surface area contributed by atoms with Gasteiger partial charge in [0.2, 0.25) is 5.91 Å². The number of ether oxygens (including phenoxy) is 1. The molecule has 0 atom stereocenters. The molecular formula is C17H21N5O5S. The Kier molecular flexibility index (Phi) is 6.37. The summed E-state index contributed by atoms with van der Waals surface area (Å²) in [5, 5.41) is 14.0. The van der Waals surface area contributed by atoms with Crippen LogP contribution in [-0.2, 0) is 9.53 Å². The lowest BCUT2D eigenvalue weighted by molar-refractivity contribution is -0.384. The van der Waals surface area contributed by atoms with Crippen molar-refractivity contribution in [3.63, 3.8) is 0 Å². The number of hydrogen-bond donors (Lipinski definition) is 1. The topological polar surface area (TPSA) is 118 Å². The lowest BCUT2D eigenvalue weighted by atomic mass is 10.3. The Morgan fingerprint density at radius 1 is 1.32 bits per heavy atom.